The summed E-state index contributed by atoms with van der Waals surface area (Å²) in [5.41, 5.74) is 10.5. The first-order valence-corrected chi connectivity index (χ1v) is 15.2. The summed E-state index contributed by atoms with van der Waals surface area (Å²) in [6.45, 7) is 0. The molecule has 0 unspecified atom stereocenters. The number of para-hydroxylation sites is 5. The van der Waals surface area contributed by atoms with Crippen molar-refractivity contribution in [3.8, 4) is 22.8 Å². The molecule has 0 amide bonds. The lowest BCUT2D eigenvalue weighted by molar-refractivity contribution is 1.09. The highest BCUT2D eigenvalue weighted by molar-refractivity contribution is 6.16. The first kappa shape index (κ1) is 24.3. The van der Waals surface area contributed by atoms with Crippen LogP contribution in [-0.4, -0.2) is 23.5 Å². The summed E-state index contributed by atoms with van der Waals surface area (Å²) in [6, 6.07) is 53.4. The Morgan fingerprint density at radius 2 is 1.07 bits per heavy atom. The van der Waals surface area contributed by atoms with Gasteiger partial charge in [0, 0.05) is 33.1 Å². The first-order chi connectivity index (χ1) is 22.3. The number of pyridine rings is 1. The van der Waals surface area contributed by atoms with Crippen molar-refractivity contribution in [1.82, 2.24) is 23.5 Å². The van der Waals surface area contributed by atoms with Gasteiger partial charge in [-0.1, -0.05) is 103 Å². The zero-order chi connectivity index (χ0) is 29.5. The van der Waals surface area contributed by atoms with Crippen molar-refractivity contribution in [3.05, 3.63) is 152 Å². The van der Waals surface area contributed by atoms with Crippen molar-refractivity contribution in [2.75, 3.05) is 0 Å². The molecule has 0 radical (unpaired) electrons. The van der Waals surface area contributed by atoms with Gasteiger partial charge in [0.1, 0.15) is 17.0 Å². The SMILES string of the molecule is c1ccc(-n2c(-c3cccc(-n4c5ccccc5c5nc6c7ccccc7c7ccccc7n6c54)c3)nc3ccccc32)cc1. The number of rotatable bonds is 3. The average molecular weight is 576 g/mol. The van der Waals surface area contributed by atoms with E-state index in [0.29, 0.717) is 0 Å². The summed E-state index contributed by atoms with van der Waals surface area (Å²) >= 11 is 0. The average Bonchev–Trinajstić information content (AvgIpc) is 3.78. The van der Waals surface area contributed by atoms with Gasteiger partial charge in [0.2, 0.25) is 0 Å². The quantitative estimate of drug-likeness (QED) is 0.197. The summed E-state index contributed by atoms with van der Waals surface area (Å²) < 4.78 is 6.97. The molecule has 0 aliphatic rings. The third kappa shape index (κ3) is 3.38. The summed E-state index contributed by atoms with van der Waals surface area (Å²) in [5, 5.41) is 4.70. The van der Waals surface area contributed by atoms with Crippen LogP contribution < -0.4 is 0 Å². The van der Waals surface area contributed by atoms with E-state index in [0.717, 1.165) is 72.4 Å². The van der Waals surface area contributed by atoms with E-state index in [2.05, 4.69) is 153 Å². The normalized spacial score (nSPS) is 12.0. The maximum Gasteiger partial charge on any atom is 0.151 e. The van der Waals surface area contributed by atoms with Crippen LogP contribution in [0.25, 0.3) is 83.2 Å². The molecule has 0 aliphatic heterocycles. The molecule has 0 saturated heterocycles. The van der Waals surface area contributed by atoms with Crippen LogP contribution in [0.2, 0.25) is 0 Å². The van der Waals surface area contributed by atoms with Gasteiger partial charge < -0.3 is 0 Å². The molecule has 5 heteroatoms. The third-order valence-electron chi connectivity index (χ3n) is 9.01. The standard InChI is InChI=1S/C40H25N5/c1-2-14-27(15-3-1)43-36-24-11-8-21-33(36)41-38(43)26-13-12-16-28(25-26)44-35-23-10-7-20-32(35)37-40(44)45-34-22-9-6-18-30(34)29-17-4-5-19-31(29)39(45)42-37/h1-25H. The van der Waals surface area contributed by atoms with E-state index >= 15 is 0 Å². The van der Waals surface area contributed by atoms with Gasteiger partial charge in [-0.05, 0) is 53.9 Å². The van der Waals surface area contributed by atoms with Gasteiger partial charge in [0.25, 0.3) is 0 Å². The van der Waals surface area contributed by atoms with E-state index in [9.17, 15) is 0 Å². The Labute approximate surface area is 257 Å². The maximum atomic E-state index is 5.36. The van der Waals surface area contributed by atoms with Crippen LogP contribution in [0.5, 0.6) is 0 Å². The van der Waals surface area contributed by atoms with Crippen LogP contribution in [-0.2, 0) is 0 Å². The fraction of sp³-hybridized carbons (Fsp3) is 0. The van der Waals surface area contributed by atoms with Gasteiger partial charge in [-0.2, -0.15) is 0 Å². The van der Waals surface area contributed by atoms with E-state index in [1.165, 1.54) is 10.8 Å². The molecule has 4 aromatic heterocycles. The fourth-order valence-corrected chi connectivity index (χ4v) is 7.10. The van der Waals surface area contributed by atoms with E-state index in [-0.39, 0.29) is 0 Å². The lowest BCUT2D eigenvalue weighted by Gasteiger charge is -2.14. The van der Waals surface area contributed by atoms with Crippen LogP contribution in [0.3, 0.4) is 0 Å². The summed E-state index contributed by atoms with van der Waals surface area (Å²) in [6.07, 6.45) is 0. The summed E-state index contributed by atoms with van der Waals surface area (Å²) in [7, 11) is 0. The van der Waals surface area contributed by atoms with E-state index < -0.39 is 0 Å². The number of nitrogens with zero attached hydrogens (tertiary/aromatic N) is 5. The van der Waals surface area contributed by atoms with E-state index in [4.69, 9.17) is 9.97 Å². The van der Waals surface area contributed by atoms with Crippen molar-refractivity contribution in [2.45, 2.75) is 0 Å². The molecular formula is C40H25N5. The van der Waals surface area contributed by atoms with Crippen molar-refractivity contribution in [1.29, 1.82) is 0 Å². The number of hydrogen-bond acceptors (Lipinski definition) is 2. The number of hydrogen-bond donors (Lipinski definition) is 0. The molecular weight excluding hydrogens is 550 g/mol. The van der Waals surface area contributed by atoms with Crippen molar-refractivity contribution in [3.63, 3.8) is 0 Å². The molecule has 0 saturated carbocycles. The lowest BCUT2D eigenvalue weighted by Crippen LogP contribution is -2.01. The molecule has 45 heavy (non-hydrogen) atoms. The van der Waals surface area contributed by atoms with Gasteiger partial charge in [0.15, 0.2) is 5.65 Å². The van der Waals surface area contributed by atoms with Crippen LogP contribution in [0.4, 0.5) is 0 Å². The summed E-state index contributed by atoms with van der Waals surface area (Å²) in [5.74, 6) is 0.909. The minimum absolute atomic E-state index is 0.909. The fourth-order valence-electron chi connectivity index (χ4n) is 7.10. The molecule has 0 atom stereocenters. The minimum atomic E-state index is 0.909. The molecule has 210 valence electrons. The second-order valence-electron chi connectivity index (χ2n) is 11.5. The monoisotopic (exact) mass is 575 g/mol. The Morgan fingerprint density at radius 1 is 0.422 bits per heavy atom. The van der Waals surface area contributed by atoms with Crippen molar-refractivity contribution < 1.29 is 0 Å². The highest BCUT2D eigenvalue weighted by Crippen LogP contribution is 2.38. The maximum absolute atomic E-state index is 5.36. The molecule has 4 heterocycles. The number of aromatic nitrogens is 5. The zero-order valence-corrected chi connectivity index (χ0v) is 24.2. The Morgan fingerprint density at radius 3 is 1.91 bits per heavy atom. The molecule has 6 aromatic carbocycles. The molecule has 0 aliphatic carbocycles. The smallest absolute Gasteiger partial charge is 0.151 e. The largest absolute Gasteiger partial charge is 0.294 e. The lowest BCUT2D eigenvalue weighted by atomic mass is 10.1. The first-order valence-electron chi connectivity index (χ1n) is 15.2. The van der Waals surface area contributed by atoms with Gasteiger partial charge in [-0.3, -0.25) is 13.5 Å². The molecule has 0 bridgehead atoms. The predicted molar refractivity (Wildman–Crippen MR) is 185 cm³/mol. The van der Waals surface area contributed by atoms with Gasteiger partial charge >= 0.3 is 0 Å². The Bertz CT molecular complexity index is 2760. The minimum Gasteiger partial charge on any atom is -0.294 e. The molecule has 0 N–H and O–H groups in total. The predicted octanol–water partition coefficient (Wildman–Crippen LogP) is 9.74. The topological polar surface area (TPSA) is 40.0 Å². The number of benzene rings is 6. The molecule has 10 rings (SSSR count). The van der Waals surface area contributed by atoms with E-state index in [1.807, 2.05) is 12.1 Å². The molecule has 0 fully saturated rings. The van der Waals surface area contributed by atoms with Gasteiger partial charge in [-0.15, -0.1) is 0 Å². The Balaban J connectivity index is 1.32. The summed E-state index contributed by atoms with van der Waals surface area (Å²) in [4.78, 5) is 10.5. The van der Waals surface area contributed by atoms with Crippen molar-refractivity contribution in [2.24, 2.45) is 0 Å². The van der Waals surface area contributed by atoms with Crippen LogP contribution in [0.1, 0.15) is 0 Å². The molecule has 10 aromatic rings. The zero-order valence-electron chi connectivity index (χ0n) is 24.2. The molecule has 5 nitrogen and oxygen atoms in total. The van der Waals surface area contributed by atoms with Crippen LogP contribution in [0, 0.1) is 0 Å². The van der Waals surface area contributed by atoms with Crippen LogP contribution in [0.15, 0.2) is 152 Å². The second kappa shape index (κ2) is 9.15. The van der Waals surface area contributed by atoms with Crippen molar-refractivity contribution >= 4 is 60.4 Å². The number of fused-ring (bicyclic) bond motifs is 11. The number of imidazole rings is 2. The Kier molecular flexibility index (Phi) is 4.93. The van der Waals surface area contributed by atoms with Gasteiger partial charge in [-0.25, -0.2) is 9.97 Å². The van der Waals surface area contributed by atoms with E-state index in [1.54, 1.807) is 0 Å². The molecule has 0 spiro atoms. The van der Waals surface area contributed by atoms with Gasteiger partial charge in [0.05, 0.1) is 22.1 Å². The second-order valence-corrected chi connectivity index (χ2v) is 11.5. The highest BCUT2D eigenvalue weighted by atomic mass is 15.2. The van der Waals surface area contributed by atoms with Crippen LogP contribution >= 0.6 is 0 Å². The third-order valence-corrected chi connectivity index (χ3v) is 9.01. The Hall–Kier alpha value is -6.20. The highest BCUT2D eigenvalue weighted by Gasteiger charge is 2.22.